The van der Waals surface area contributed by atoms with Gasteiger partial charge in [-0.25, -0.2) is 0 Å². The first-order valence-corrected chi connectivity index (χ1v) is 10.8. The van der Waals surface area contributed by atoms with Crippen molar-refractivity contribution >= 4 is 17.5 Å². The number of piperazine rings is 1. The molecule has 2 atom stereocenters. The largest absolute Gasteiger partial charge is 0.382 e. The van der Waals surface area contributed by atoms with Gasteiger partial charge in [-0.05, 0) is 11.1 Å². The summed E-state index contributed by atoms with van der Waals surface area (Å²) >= 11 is 0. The molecule has 2 aromatic rings. The number of rotatable bonds is 6. The Kier molecular flexibility index (Phi) is 6.62. The lowest BCUT2D eigenvalue weighted by Gasteiger charge is -2.33. The van der Waals surface area contributed by atoms with E-state index in [0.717, 1.165) is 29.9 Å². The topological polar surface area (TPSA) is 75.4 Å². The minimum Gasteiger partial charge on any atom is -0.382 e. The van der Waals surface area contributed by atoms with Crippen molar-refractivity contribution in [2.45, 2.75) is 25.0 Å². The lowest BCUT2D eigenvalue weighted by atomic mass is 10.0. The standard InChI is InChI=1S/C24H28N4O3/c1-27-12-14-28(15-13-27)24(30)21(16-18-8-4-2-5-9-18)25-23(29)22-17-20(26-31-22)19-10-6-3-7-11-19/h2-11,21-22H,12-17H2,1H3,(H,25,29)/p+1/t21-,22+/m0/s1. The highest BCUT2D eigenvalue weighted by Gasteiger charge is 2.34. The van der Waals surface area contributed by atoms with E-state index in [4.69, 9.17) is 4.84 Å². The van der Waals surface area contributed by atoms with Crippen molar-refractivity contribution in [3.05, 3.63) is 71.8 Å². The molecule has 7 nitrogen and oxygen atoms in total. The predicted molar refractivity (Wildman–Crippen MR) is 118 cm³/mol. The molecule has 0 radical (unpaired) electrons. The summed E-state index contributed by atoms with van der Waals surface area (Å²) in [5.41, 5.74) is 2.69. The van der Waals surface area contributed by atoms with Gasteiger partial charge in [0.1, 0.15) is 6.04 Å². The quantitative estimate of drug-likeness (QED) is 0.703. The number of hydrogen-bond donors (Lipinski definition) is 2. The zero-order chi connectivity index (χ0) is 21.6. The molecule has 2 N–H and O–H groups in total. The molecule has 2 aliphatic heterocycles. The number of oxime groups is 1. The van der Waals surface area contributed by atoms with E-state index in [2.05, 4.69) is 17.5 Å². The fraction of sp³-hybridized carbons (Fsp3) is 0.375. The van der Waals surface area contributed by atoms with Crippen LogP contribution in [0.5, 0.6) is 0 Å². The summed E-state index contributed by atoms with van der Waals surface area (Å²) in [6, 6.07) is 18.8. The highest BCUT2D eigenvalue weighted by molar-refractivity contribution is 6.04. The number of hydrogen-bond acceptors (Lipinski definition) is 4. The molecule has 7 heteroatoms. The minimum atomic E-state index is -0.724. The predicted octanol–water partition coefficient (Wildman–Crippen LogP) is 0.264. The van der Waals surface area contributed by atoms with Gasteiger partial charge in [0.25, 0.3) is 5.91 Å². The maximum atomic E-state index is 13.3. The molecule has 0 saturated carbocycles. The van der Waals surface area contributed by atoms with Crippen LogP contribution in [-0.4, -0.2) is 67.8 Å². The Morgan fingerprint density at radius 1 is 1.10 bits per heavy atom. The first-order chi connectivity index (χ1) is 15.1. The van der Waals surface area contributed by atoms with Crippen LogP contribution in [0.4, 0.5) is 0 Å². The van der Waals surface area contributed by atoms with E-state index < -0.39 is 12.1 Å². The van der Waals surface area contributed by atoms with E-state index >= 15 is 0 Å². The molecule has 2 aliphatic rings. The van der Waals surface area contributed by atoms with Crippen LogP contribution >= 0.6 is 0 Å². The summed E-state index contributed by atoms with van der Waals surface area (Å²) in [6.45, 7) is 3.23. The smallest absolute Gasteiger partial charge is 0.265 e. The molecule has 0 spiro atoms. The normalized spacial score (nSPS) is 20.0. The van der Waals surface area contributed by atoms with Gasteiger partial charge >= 0.3 is 0 Å². The second kappa shape index (κ2) is 9.75. The van der Waals surface area contributed by atoms with Crippen LogP contribution in [0.3, 0.4) is 0 Å². The van der Waals surface area contributed by atoms with Crippen LogP contribution in [-0.2, 0) is 20.8 Å². The monoisotopic (exact) mass is 421 g/mol. The van der Waals surface area contributed by atoms with Crippen molar-refractivity contribution in [1.82, 2.24) is 10.2 Å². The van der Waals surface area contributed by atoms with Gasteiger partial charge in [-0.1, -0.05) is 65.8 Å². The van der Waals surface area contributed by atoms with Crippen molar-refractivity contribution in [3.8, 4) is 0 Å². The Labute approximate surface area is 182 Å². The van der Waals surface area contributed by atoms with Crippen LogP contribution in [0.2, 0.25) is 0 Å². The lowest BCUT2D eigenvalue weighted by Crippen LogP contribution is -3.12. The Balaban J connectivity index is 1.43. The van der Waals surface area contributed by atoms with Crippen molar-refractivity contribution in [2.75, 3.05) is 33.2 Å². The summed E-state index contributed by atoms with van der Waals surface area (Å²) in [7, 11) is 2.13. The summed E-state index contributed by atoms with van der Waals surface area (Å²) in [4.78, 5) is 35.0. The fourth-order valence-corrected chi connectivity index (χ4v) is 3.96. The van der Waals surface area contributed by atoms with E-state index in [1.54, 1.807) is 0 Å². The van der Waals surface area contributed by atoms with Gasteiger partial charge in [-0.2, -0.15) is 0 Å². The number of quaternary nitrogens is 1. The van der Waals surface area contributed by atoms with E-state index in [1.165, 1.54) is 4.90 Å². The van der Waals surface area contributed by atoms with Crippen molar-refractivity contribution in [3.63, 3.8) is 0 Å². The molecule has 2 heterocycles. The lowest BCUT2D eigenvalue weighted by molar-refractivity contribution is -0.883. The Morgan fingerprint density at radius 2 is 1.74 bits per heavy atom. The Bertz CT molecular complexity index is 924. The first kappa shape index (κ1) is 21.1. The molecule has 2 aromatic carbocycles. The third kappa shape index (κ3) is 5.30. The van der Waals surface area contributed by atoms with Gasteiger partial charge in [0.15, 0.2) is 0 Å². The van der Waals surface area contributed by atoms with E-state index in [0.29, 0.717) is 25.9 Å². The Morgan fingerprint density at radius 3 is 2.42 bits per heavy atom. The number of amides is 2. The fourth-order valence-electron chi connectivity index (χ4n) is 3.96. The molecule has 2 amide bonds. The van der Waals surface area contributed by atoms with Crippen LogP contribution in [0.1, 0.15) is 17.5 Å². The molecule has 0 unspecified atom stereocenters. The molecule has 0 aromatic heterocycles. The summed E-state index contributed by atoms with van der Waals surface area (Å²) < 4.78 is 0. The number of likely N-dealkylation sites (N-methyl/N-ethyl adjacent to an activating group) is 1. The second-order valence-electron chi connectivity index (χ2n) is 8.24. The highest BCUT2D eigenvalue weighted by Crippen LogP contribution is 2.17. The van der Waals surface area contributed by atoms with Crippen molar-refractivity contribution < 1.29 is 19.3 Å². The number of nitrogens with one attached hydrogen (secondary N) is 2. The van der Waals surface area contributed by atoms with E-state index in [-0.39, 0.29) is 11.8 Å². The Hall–Kier alpha value is -3.19. The maximum absolute atomic E-state index is 13.3. The zero-order valence-electron chi connectivity index (χ0n) is 17.8. The third-order valence-electron chi connectivity index (χ3n) is 5.89. The molecule has 0 bridgehead atoms. The van der Waals surface area contributed by atoms with Gasteiger partial charge in [0.05, 0.1) is 38.9 Å². The van der Waals surface area contributed by atoms with E-state index in [1.807, 2.05) is 65.6 Å². The molecule has 4 rings (SSSR count). The second-order valence-corrected chi connectivity index (χ2v) is 8.24. The van der Waals surface area contributed by atoms with Gasteiger partial charge in [-0.15, -0.1) is 0 Å². The molecule has 0 aliphatic carbocycles. The van der Waals surface area contributed by atoms with Gasteiger partial charge in [-0.3, -0.25) is 9.59 Å². The SMILES string of the molecule is C[NH+]1CCN(C(=O)[C@H](Cc2ccccc2)NC(=O)[C@H]2CC(c3ccccc3)=NO2)CC1. The summed E-state index contributed by atoms with van der Waals surface area (Å²) in [5, 5.41) is 7.05. The first-order valence-electron chi connectivity index (χ1n) is 10.8. The van der Waals surface area contributed by atoms with Crippen molar-refractivity contribution in [1.29, 1.82) is 0 Å². The van der Waals surface area contributed by atoms with Crippen LogP contribution in [0.25, 0.3) is 0 Å². The molecule has 162 valence electrons. The van der Waals surface area contributed by atoms with Crippen LogP contribution < -0.4 is 10.2 Å². The van der Waals surface area contributed by atoms with Crippen LogP contribution in [0, 0.1) is 0 Å². The molecule has 1 saturated heterocycles. The van der Waals surface area contributed by atoms with Gasteiger partial charge in [0, 0.05) is 12.8 Å². The molecular weight excluding hydrogens is 392 g/mol. The molecule has 1 fully saturated rings. The molecule has 31 heavy (non-hydrogen) atoms. The maximum Gasteiger partial charge on any atom is 0.265 e. The number of benzene rings is 2. The number of carbonyl (C=O) groups excluding carboxylic acids is 2. The van der Waals surface area contributed by atoms with Crippen LogP contribution in [0.15, 0.2) is 65.8 Å². The van der Waals surface area contributed by atoms with E-state index in [9.17, 15) is 9.59 Å². The average Bonchev–Trinajstić information content (AvgIpc) is 3.31. The number of nitrogens with zero attached hydrogens (tertiary/aromatic N) is 2. The van der Waals surface area contributed by atoms with Crippen molar-refractivity contribution in [2.24, 2.45) is 5.16 Å². The van der Waals surface area contributed by atoms with Gasteiger partial charge in [0.2, 0.25) is 12.0 Å². The summed E-state index contributed by atoms with van der Waals surface area (Å²) in [6.07, 6.45) is 0.113. The molecular formula is C24H29N4O3+. The highest BCUT2D eigenvalue weighted by atomic mass is 16.6. The number of carbonyl (C=O) groups is 2. The minimum absolute atomic E-state index is 0.0353. The average molecular weight is 422 g/mol. The summed E-state index contributed by atoms with van der Waals surface area (Å²) in [5.74, 6) is -0.337. The van der Waals surface area contributed by atoms with Gasteiger partial charge < -0.3 is 20.0 Å². The zero-order valence-corrected chi connectivity index (χ0v) is 17.8. The third-order valence-corrected chi connectivity index (χ3v) is 5.89.